The Kier molecular flexibility index (Phi) is 6.46. The zero-order valence-electron chi connectivity index (χ0n) is 21.2. The van der Waals surface area contributed by atoms with E-state index in [0.29, 0.717) is 0 Å². The Morgan fingerprint density at radius 1 is 0.838 bits per heavy atom. The number of hydrogen-bond acceptors (Lipinski definition) is 3. The predicted molar refractivity (Wildman–Crippen MR) is 158 cm³/mol. The van der Waals surface area contributed by atoms with Crippen molar-refractivity contribution in [1.29, 1.82) is 0 Å². The van der Waals surface area contributed by atoms with Gasteiger partial charge in [0.1, 0.15) is 6.17 Å². The lowest BCUT2D eigenvalue weighted by molar-refractivity contribution is -0.00718. The van der Waals surface area contributed by atoms with Crippen LogP contribution >= 0.6 is 27.5 Å². The van der Waals surface area contributed by atoms with E-state index < -0.39 is 0 Å². The van der Waals surface area contributed by atoms with E-state index in [1.807, 2.05) is 12.1 Å². The minimum absolute atomic E-state index is 0.0298. The van der Waals surface area contributed by atoms with Crippen molar-refractivity contribution >= 4 is 49.7 Å². The summed E-state index contributed by atoms with van der Waals surface area (Å²) in [7, 11) is 0. The van der Waals surface area contributed by atoms with E-state index in [-0.39, 0.29) is 29.6 Å². The fourth-order valence-corrected chi connectivity index (χ4v) is 6.90. The van der Waals surface area contributed by atoms with Gasteiger partial charge in [-0.15, -0.1) is 0 Å². The van der Waals surface area contributed by atoms with Crippen molar-refractivity contribution in [1.82, 2.24) is 0 Å². The van der Waals surface area contributed by atoms with Crippen LogP contribution in [-0.4, -0.2) is 23.8 Å². The first-order valence-electron chi connectivity index (χ1n) is 13.0. The zero-order chi connectivity index (χ0) is 25.7. The minimum Gasteiger partial charge on any atom is -0.393 e. The van der Waals surface area contributed by atoms with Crippen LogP contribution in [0, 0.1) is 11.3 Å². The second-order valence-electron chi connectivity index (χ2n) is 11.4. The van der Waals surface area contributed by atoms with Crippen molar-refractivity contribution < 1.29 is 5.11 Å². The lowest BCUT2D eigenvalue weighted by Crippen LogP contribution is -2.64. The molecule has 0 aromatic heterocycles. The number of aliphatic hydroxyl groups excluding tert-OH is 1. The molecule has 5 heteroatoms. The van der Waals surface area contributed by atoms with E-state index in [9.17, 15) is 5.11 Å². The maximum atomic E-state index is 11.5. The first-order chi connectivity index (χ1) is 17.8. The molecule has 4 atom stereocenters. The van der Waals surface area contributed by atoms with Crippen molar-refractivity contribution in [3.63, 3.8) is 0 Å². The normalized spacial score (nSPS) is 25.2. The molecule has 0 spiro atoms. The molecule has 0 radical (unpaired) electrons. The van der Waals surface area contributed by atoms with Crippen LogP contribution in [0.1, 0.15) is 38.4 Å². The second kappa shape index (κ2) is 9.65. The third-order valence-corrected chi connectivity index (χ3v) is 8.97. The van der Waals surface area contributed by atoms with Crippen LogP contribution in [0.5, 0.6) is 0 Å². The lowest BCUT2D eigenvalue weighted by atomic mass is 9.66. The molecule has 1 saturated heterocycles. The van der Waals surface area contributed by atoms with E-state index in [1.54, 1.807) is 0 Å². The summed E-state index contributed by atoms with van der Waals surface area (Å²) in [6, 6.07) is 32.4. The van der Waals surface area contributed by atoms with E-state index in [4.69, 9.17) is 11.6 Å². The second-order valence-corrected chi connectivity index (χ2v) is 12.7. The fraction of sp³-hybridized carbons (Fsp3) is 0.312. The highest BCUT2D eigenvalue weighted by molar-refractivity contribution is 9.10. The van der Waals surface area contributed by atoms with Gasteiger partial charge in [0.2, 0.25) is 0 Å². The molecule has 0 amide bonds. The van der Waals surface area contributed by atoms with Gasteiger partial charge < -0.3 is 14.9 Å². The van der Waals surface area contributed by atoms with Gasteiger partial charge in [0.05, 0.1) is 6.10 Å². The quantitative estimate of drug-likeness (QED) is 0.265. The number of fused-ring (bicyclic) bond motifs is 2. The summed E-state index contributed by atoms with van der Waals surface area (Å²) in [6.45, 7) is 5.38. The molecule has 6 rings (SSSR count). The topological polar surface area (TPSA) is 26.7 Å². The molecule has 1 heterocycles. The Morgan fingerprint density at radius 3 is 2.24 bits per heavy atom. The summed E-state index contributed by atoms with van der Waals surface area (Å²) in [5.74, 6) is 0.127. The number of aliphatic hydroxyl groups is 1. The highest BCUT2D eigenvalue weighted by Gasteiger charge is 2.50. The molecule has 1 N–H and O–H groups in total. The van der Waals surface area contributed by atoms with Gasteiger partial charge in [0, 0.05) is 39.4 Å². The van der Waals surface area contributed by atoms with Crippen LogP contribution in [0.25, 0.3) is 10.8 Å². The molecular weight excluding hydrogens is 544 g/mol. The Morgan fingerprint density at radius 2 is 1.51 bits per heavy atom. The van der Waals surface area contributed by atoms with Crippen molar-refractivity contribution in [3.8, 4) is 0 Å². The van der Waals surface area contributed by atoms with Crippen LogP contribution in [0.4, 0.5) is 11.4 Å². The number of nitrogens with zero attached hydrogens (tertiary/aromatic N) is 2. The Labute approximate surface area is 232 Å². The van der Waals surface area contributed by atoms with Gasteiger partial charge >= 0.3 is 0 Å². The van der Waals surface area contributed by atoms with Crippen LogP contribution in [-0.2, 0) is 0 Å². The summed E-state index contributed by atoms with van der Waals surface area (Å²) < 4.78 is 1.06. The lowest BCUT2D eigenvalue weighted by Gasteiger charge is -2.59. The van der Waals surface area contributed by atoms with Crippen molar-refractivity contribution in [2.75, 3.05) is 16.3 Å². The molecule has 190 valence electrons. The molecule has 1 saturated carbocycles. The van der Waals surface area contributed by atoms with Gasteiger partial charge in [-0.2, -0.15) is 0 Å². The molecule has 0 bridgehead atoms. The van der Waals surface area contributed by atoms with Gasteiger partial charge in [0.25, 0.3) is 0 Å². The standard InChI is InChI=1S/C32H32BrClN2O/c1-32(2)18-29-28(30(37)19-32)20-35(26-15-12-25(34)13-16-26)31(22-7-10-24(33)11-8-22)36(29)27-14-9-21-5-3-4-6-23(21)17-27/h3-17,28-31,37H,18-20H2,1-2H3. The number of halogens is 2. The molecule has 1 aliphatic carbocycles. The summed E-state index contributed by atoms with van der Waals surface area (Å²) in [5, 5.41) is 14.7. The summed E-state index contributed by atoms with van der Waals surface area (Å²) in [5.41, 5.74) is 3.58. The van der Waals surface area contributed by atoms with Crippen LogP contribution in [0.3, 0.4) is 0 Å². The molecule has 4 aromatic rings. The largest absolute Gasteiger partial charge is 0.393 e. The van der Waals surface area contributed by atoms with Crippen molar-refractivity contribution in [2.45, 2.75) is 45.0 Å². The van der Waals surface area contributed by atoms with E-state index in [1.165, 1.54) is 22.0 Å². The summed E-state index contributed by atoms with van der Waals surface area (Å²) >= 11 is 9.92. The predicted octanol–water partition coefficient (Wildman–Crippen LogP) is 8.45. The molecule has 37 heavy (non-hydrogen) atoms. The SMILES string of the molecule is CC1(C)CC(O)C2CN(c3ccc(Cl)cc3)C(c3ccc(Br)cc3)N(c3ccc4ccccc4c3)C2C1. The first kappa shape index (κ1) is 24.8. The maximum Gasteiger partial charge on any atom is 0.128 e. The fourth-order valence-electron chi connectivity index (χ4n) is 6.51. The van der Waals surface area contributed by atoms with Crippen LogP contribution in [0.15, 0.2) is 95.5 Å². The van der Waals surface area contributed by atoms with Gasteiger partial charge in [-0.3, -0.25) is 0 Å². The van der Waals surface area contributed by atoms with E-state index >= 15 is 0 Å². The number of hydrogen-bond donors (Lipinski definition) is 1. The van der Waals surface area contributed by atoms with E-state index in [2.05, 4.69) is 118 Å². The number of anilines is 2. The first-order valence-corrected chi connectivity index (χ1v) is 14.2. The minimum atomic E-state index is -0.364. The molecule has 4 aromatic carbocycles. The zero-order valence-corrected chi connectivity index (χ0v) is 23.5. The van der Waals surface area contributed by atoms with E-state index in [0.717, 1.165) is 34.6 Å². The monoisotopic (exact) mass is 574 g/mol. The summed E-state index contributed by atoms with van der Waals surface area (Å²) in [6.07, 6.45) is 1.45. The molecule has 3 nitrogen and oxygen atoms in total. The highest BCUT2D eigenvalue weighted by Crippen LogP contribution is 2.50. The number of rotatable bonds is 3. The maximum absolute atomic E-state index is 11.5. The Hall–Kier alpha value is -2.53. The van der Waals surface area contributed by atoms with Gasteiger partial charge in [-0.1, -0.05) is 83.8 Å². The molecule has 2 fully saturated rings. The van der Waals surface area contributed by atoms with Crippen LogP contribution < -0.4 is 9.80 Å². The third-order valence-electron chi connectivity index (χ3n) is 8.19. The van der Waals surface area contributed by atoms with Gasteiger partial charge in [0.15, 0.2) is 0 Å². The summed E-state index contributed by atoms with van der Waals surface area (Å²) in [4.78, 5) is 5.04. The van der Waals surface area contributed by atoms with Gasteiger partial charge in [-0.05, 0) is 83.1 Å². The van der Waals surface area contributed by atoms with Crippen LogP contribution in [0.2, 0.25) is 5.02 Å². The van der Waals surface area contributed by atoms with Gasteiger partial charge in [-0.25, -0.2) is 0 Å². The van der Waals surface area contributed by atoms with Crippen molar-refractivity contribution in [3.05, 3.63) is 106 Å². The smallest absolute Gasteiger partial charge is 0.128 e. The average Bonchev–Trinajstić information content (AvgIpc) is 2.88. The highest BCUT2D eigenvalue weighted by atomic mass is 79.9. The molecule has 2 aliphatic rings. The third kappa shape index (κ3) is 4.76. The Balaban J connectivity index is 1.57. The molecular formula is C32H32BrClN2O. The molecule has 4 unspecified atom stereocenters. The van der Waals surface area contributed by atoms with Crippen molar-refractivity contribution in [2.24, 2.45) is 11.3 Å². The number of benzene rings is 4. The Bertz CT molecular complexity index is 1400. The molecule has 1 aliphatic heterocycles. The average molecular weight is 576 g/mol.